The van der Waals surface area contributed by atoms with Gasteiger partial charge in [0.25, 0.3) is 0 Å². The van der Waals surface area contributed by atoms with Crippen LogP contribution in [0, 0.1) is 19.7 Å². The fourth-order valence-electron chi connectivity index (χ4n) is 4.40. The van der Waals surface area contributed by atoms with Gasteiger partial charge in [-0.15, -0.1) is 0 Å². The topological polar surface area (TPSA) is 112 Å². The minimum atomic E-state index is -1.09. The van der Waals surface area contributed by atoms with Crippen molar-refractivity contribution in [1.82, 2.24) is 19.5 Å². The standard InChI is InChI=1S/C22H25FN4O5/c1-13-17(14(2)32-24-13)10-25-5-7-26(8-6-25)21(22(30)31)18-11-27(12-20(28)29)19-9-15(23)3-4-16(18)19/h3-4,9,11,21H,5-8,10,12H2,1-2H3,(H,28,29)(H,30,31)/t21-/m1/s1. The van der Waals surface area contributed by atoms with Crippen LogP contribution in [0.25, 0.3) is 10.9 Å². The molecule has 2 aromatic heterocycles. The molecule has 0 aliphatic carbocycles. The second kappa shape index (κ2) is 8.71. The van der Waals surface area contributed by atoms with E-state index in [1.807, 2.05) is 18.7 Å². The Balaban J connectivity index is 1.58. The third-order valence-corrected chi connectivity index (χ3v) is 6.04. The Kier molecular flexibility index (Phi) is 5.98. The van der Waals surface area contributed by atoms with Crippen LogP contribution in [0.2, 0.25) is 0 Å². The highest BCUT2D eigenvalue weighted by molar-refractivity contribution is 5.90. The summed E-state index contributed by atoms with van der Waals surface area (Å²) >= 11 is 0. The van der Waals surface area contributed by atoms with Crippen molar-refractivity contribution in [3.05, 3.63) is 52.8 Å². The molecule has 32 heavy (non-hydrogen) atoms. The van der Waals surface area contributed by atoms with Gasteiger partial charge in [0, 0.05) is 55.4 Å². The summed E-state index contributed by atoms with van der Waals surface area (Å²) < 4.78 is 20.4. The SMILES string of the molecule is Cc1noc(C)c1CN1CCN([C@@H](C(=O)O)c2cn(CC(=O)O)c3cc(F)ccc23)CC1. The predicted molar refractivity (Wildman–Crippen MR) is 113 cm³/mol. The summed E-state index contributed by atoms with van der Waals surface area (Å²) in [5.41, 5.74) is 2.73. The third-order valence-electron chi connectivity index (χ3n) is 6.04. The van der Waals surface area contributed by atoms with Crippen molar-refractivity contribution in [2.75, 3.05) is 26.2 Å². The summed E-state index contributed by atoms with van der Waals surface area (Å²) in [6.07, 6.45) is 1.52. The number of benzene rings is 1. The number of aliphatic carboxylic acids is 2. The second-order valence-corrected chi connectivity index (χ2v) is 8.12. The molecule has 1 fully saturated rings. The van der Waals surface area contributed by atoms with Gasteiger partial charge in [-0.3, -0.25) is 19.4 Å². The zero-order valence-electron chi connectivity index (χ0n) is 17.9. The van der Waals surface area contributed by atoms with Crippen molar-refractivity contribution in [2.24, 2.45) is 0 Å². The summed E-state index contributed by atoms with van der Waals surface area (Å²) in [5, 5.41) is 23.8. The maximum Gasteiger partial charge on any atom is 0.325 e. The zero-order chi connectivity index (χ0) is 23.0. The number of nitrogens with zero attached hydrogens (tertiary/aromatic N) is 4. The Hall–Kier alpha value is -3.24. The molecule has 1 aliphatic rings. The van der Waals surface area contributed by atoms with E-state index in [1.165, 1.54) is 29.0 Å². The fraction of sp³-hybridized carbons (Fsp3) is 0.409. The number of carboxylic acid groups (broad SMARTS) is 2. The van der Waals surface area contributed by atoms with Gasteiger partial charge in [-0.2, -0.15) is 0 Å². The van der Waals surface area contributed by atoms with E-state index in [2.05, 4.69) is 10.1 Å². The van der Waals surface area contributed by atoms with Crippen molar-refractivity contribution in [1.29, 1.82) is 0 Å². The second-order valence-electron chi connectivity index (χ2n) is 8.12. The summed E-state index contributed by atoms with van der Waals surface area (Å²) in [4.78, 5) is 27.7. The van der Waals surface area contributed by atoms with Gasteiger partial charge < -0.3 is 19.3 Å². The average molecular weight is 444 g/mol. The Bertz CT molecular complexity index is 1140. The molecule has 4 rings (SSSR count). The first-order valence-corrected chi connectivity index (χ1v) is 10.4. The lowest BCUT2D eigenvalue weighted by atomic mass is 10.0. The van der Waals surface area contributed by atoms with Gasteiger partial charge in [0.15, 0.2) is 0 Å². The van der Waals surface area contributed by atoms with E-state index in [9.17, 15) is 24.2 Å². The Morgan fingerprint density at radius 3 is 2.50 bits per heavy atom. The molecule has 2 N–H and O–H groups in total. The molecule has 0 bridgehead atoms. The lowest BCUT2D eigenvalue weighted by Crippen LogP contribution is -2.48. The van der Waals surface area contributed by atoms with Gasteiger partial charge in [0.2, 0.25) is 0 Å². The first-order valence-electron chi connectivity index (χ1n) is 10.4. The van der Waals surface area contributed by atoms with Crippen molar-refractivity contribution in [3.63, 3.8) is 0 Å². The molecule has 0 spiro atoms. The van der Waals surface area contributed by atoms with Crippen LogP contribution in [0.5, 0.6) is 0 Å². The van der Waals surface area contributed by atoms with Gasteiger partial charge in [-0.05, 0) is 32.0 Å². The largest absolute Gasteiger partial charge is 0.480 e. The number of hydrogen-bond donors (Lipinski definition) is 2. The van der Waals surface area contributed by atoms with Crippen LogP contribution in [0.4, 0.5) is 4.39 Å². The molecule has 0 unspecified atom stereocenters. The highest BCUT2D eigenvalue weighted by Crippen LogP contribution is 2.32. The van der Waals surface area contributed by atoms with Crippen molar-refractivity contribution < 1.29 is 28.7 Å². The van der Waals surface area contributed by atoms with E-state index in [-0.39, 0.29) is 6.54 Å². The number of fused-ring (bicyclic) bond motifs is 1. The molecule has 1 aliphatic heterocycles. The third kappa shape index (κ3) is 4.23. The van der Waals surface area contributed by atoms with Gasteiger partial charge in [-0.25, -0.2) is 4.39 Å². The summed E-state index contributed by atoms with van der Waals surface area (Å²) in [7, 11) is 0. The van der Waals surface area contributed by atoms with Crippen LogP contribution >= 0.6 is 0 Å². The number of carboxylic acids is 2. The van der Waals surface area contributed by atoms with E-state index in [0.717, 1.165) is 17.0 Å². The zero-order valence-corrected chi connectivity index (χ0v) is 17.9. The maximum atomic E-state index is 13.8. The predicted octanol–water partition coefficient (Wildman–Crippen LogP) is 2.41. The van der Waals surface area contributed by atoms with Gasteiger partial charge >= 0.3 is 11.9 Å². The van der Waals surface area contributed by atoms with E-state index < -0.39 is 23.8 Å². The first-order chi connectivity index (χ1) is 15.2. The smallest absolute Gasteiger partial charge is 0.325 e. The molecule has 1 saturated heterocycles. The molecule has 3 aromatic rings. The van der Waals surface area contributed by atoms with Crippen molar-refractivity contribution >= 4 is 22.8 Å². The molecule has 1 atom stereocenters. The molecule has 0 radical (unpaired) electrons. The molecule has 0 amide bonds. The van der Waals surface area contributed by atoms with Gasteiger partial charge in [0.1, 0.15) is 24.2 Å². The molecule has 1 aromatic carbocycles. The number of piperazine rings is 1. The van der Waals surface area contributed by atoms with Crippen LogP contribution in [0.15, 0.2) is 28.9 Å². The Labute approximate surface area is 183 Å². The summed E-state index contributed by atoms with van der Waals surface area (Å²) in [6, 6.07) is 3.06. The lowest BCUT2D eigenvalue weighted by molar-refractivity contribution is -0.144. The molecule has 0 saturated carbocycles. The normalized spacial score (nSPS) is 16.5. The fourth-order valence-corrected chi connectivity index (χ4v) is 4.40. The number of carbonyl (C=O) groups is 2. The quantitative estimate of drug-likeness (QED) is 0.572. The van der Waals surface area contributed by atoms with Crippen LogP contribution in [-0.4, -0.2) is 67.9 Å². The minimum Gasteiger partial charge on any atom is -0.480 e. The van der Waals surface area contributed by atoms with Crippen LogP contribution in [0.3, 0.4) is 0 Å². The summed E-state index contributed by atoms with van der Waals surface area (Å²) in [5.74, 6) is -1.83. The van der Waals surface area contributed by atoms with Crippen LogP contribution in [-0.2, 0) is 22.7 Å². The molecule has 3 heterocycles. The Morgan fingerprint density at radius 1 is 1.19 bits per heavy atom. The number of hydrogen-bond acceptors (Lipinski definition) is 6. The minimum absolute atomic E-state index is 0.366. The first kappa shape index (κ1) is 22.0. The van der Waals surface area contributed by atoms with Gasteiger partial charge in [0.05, 0.1) is 11.2 Å². The Morgan fingerprint density at radius 2 is 1.91 bits per heavy atom. The molecular formula is C22H25FN4O5. The van der Waals surface area contributed by atoms with Crippen LogP contribution in [0.1, 0.15) is 28.6 Å². The van der Waals surface area contributed by atoms with E-state index in [4.69, 9.17) is 4.52 Å². The summed E-state index contributed by atoms with van der Waals surface area (Å²) in [6.45, 7) is 6.45. The van der Waals surface area contributed by atoms with Crippen molar-refractivity contribution in [2.45, 2.75) is 33.0 Å². The molecular weight excluding hydrogens is 419 g/mol. The van der Waals surface area contributed by atoms with E-state index in [0.29, 0.717) is 49.2 Å². The van der Waals surface area contributed by atoms with Crippen LogP contribution < -0.4 is 0 Å². The van der Waals surface area contributed by atoms with Gasteiger partial charge in [-0.1, -0.05) is 5.16 Å². The number of aromatic nitrogens is 2. The van der Waals surface area contributed by atoms with E-state index in [1.54, 1.807) is 0 Å². The lowest BCUT2D eigenvalue weighted by Gasteiger charge is -2.37. The highest BCUT2D eigenvalue weighted by Gasteiger charge is 2.33. The number of aryl methyl sites for hydroxylation is 2. The monoisotopic (exact) mass is 444 g/mol. The molecule has 9 nitrogen and oxygen atoms in total. The highest BCUT2D eigenvalue weighted by atomic mass is 19.1. The number of rotatable bonds is 7. The molecule has 170 valence electrons. The number of halogens is 1. The molecule has 10 heteroatoms. The maximum absolute atomic E-state index is 13.8. The average Bonchev–Trinajstić information content (AvgIpc) is 3.23. The van der Waals surface area contributed by atoms with E-state index >= 15 is 0 Å². The van der Waals surface area contributed by atoms with Crippen molar-refractivity contribution in [3.8, 4) is 0 Å².